The summed E-state index contributed by atoms with van der Waals surface area (Å²) in [6.45, 7) is 11.9. The number of hydrogen-bond donors (Lipinski definition) is 0. The standard InChI is InChI=1S/C27H35N7O2/c1-18-15-33(25(35)36-26(3,4)5)19(2)14-32(18)23-22-24(31-17-30-23)34(16-27(22)9-6-7-10-27)21-12-20(13-28)8-11-29-21/h8,11-12,17-19H,6-7,9-10,14-16H2,1-5H3. The molecule has 2 aromatic rings. The van der Waals surface area contributed by atoms with Gasteiger partial charge in [-0.1, -0.05) is 12.8 Å². The normalized spacial score (nSPS) is 23.1. The molecule has 0 aromatic carbocycles. The predicted octanol–water partition coefficient (Wildman–Crippen LogP) is 4.54. The second-order valence-corrected chi connectivity index (χ2v) is 11.5. The maximum absolute atomic E-state index is 12.9. The Labute approximate surface area is 213 Å². The molecule has 2 atom stereocenters. The van der Waals surface area contributed by atoms with Crippen molar-refractivity contribution in [2.24, 2.45) is 0 Å². The Morgan fingerprint density at radius 3 is 2.53 bits per heavy atom. The van der Waals surface area contributed by atoms with E-state index in [1.165, 1.54) is 18.4 Å². The third kappa shape index (κ3) is 4.23. The van der Waals surface area contributed by atoms with Crippen molar-refractivity contribution in [2.45, 2.75) is 83.4 Å². The van der Waals surface area contributed by atoms with Gasteiger partial charge in [-0.15, -0.1) is 0 Å². The first-order chi connectivity index (χ1) is 17.1. The molecule has 190 valence electrons. The van der Waals surface area contributed by atoms with E-state index in [-0.39, 0.29) is 23.6 Å². The van der Waals surface area contributed by atoms with Crippen LogP contribution in [0.2, 0.25) is 0 Å². The summed E-state index contributed by atoms with van der Waals surface area (Å²) in [6.07, 6.45) is 7.57. The molecule has 1 aliphatic carbocycles. The van der Waals surface area contributed by atoms with Crippen molar-refractivity contribution in [1.82, 2.24) is 19.9 Å². The van der Waals surface area contributed by atoms with Crippen LogP contribution in [0.5, 0.6) is 0 Å². The highest BCUT2D eigenvalue weighted by molar-refractivity contribution is 5.75. The van der Waals surface area contributed by atoms with Gasteiger partial charge in [0.2, 0.25) is 0 Å². The Bertz CT molecular complexity index is 1200. The molecule has 9 nitrogen and oxygen atoms in total. The number of carbonyl (C=O) groups is 1. The molecule has 0 N–H and O–H groups in total. The van der Waals surface area contributed by atoms with E-state index in [0.717, 1.165) is 36.8 Å². The van der Waals surface area contributed by atoms with Gasteiger partial charge < -0.3 is 19.4 Å². The van der Waals surface area contributed by atoms with E-state index in [1.807, 2.05) is 31.7 Å². The highest BCUT2D eigenvalue weighted by Gasteiger charge is 2.50. The number of nitriles is 1. The Morgan fingerprint density at radius 1 is 1.11 bits per heavy atom. The zero-order chi connectivity index (χ0) is 25.7. The van der Waals surface area contributed by atoms with Crippen LogP contribution in [0.4, 0.5) is 22.2 Å². The van der Waals surface area contributed by atoms with Crippen LogP contribution < -0.4 is 9.80 Å². The molecule has 1 saturated heterocycles. The third-order valence-electron chi connectivity index (χ3n) is 7.65. The van der Waals surface area contributed by atoms with E-state index < -0.39 is 5.60 Å². The molecule has 1 saturated carbocycles. The number of pyridine rings is 1. The van der Waals surface area contributed by atoms with Gasteiger partial charge in [0.15, 0.2) is 0 Å². The van der Waals surface area contributed by atoms with Crippen LogP contribution in [0.3, 0.4) is 0 Å². The monoisotopic (exact) mass is 489 g/mol. The van der Waals surface area contributed by atoms with Gasteiger partial charge in [0, 0.05) is 48.9 Å². The van der Waals surface area contributed by atoms with Gasteiger partial charge >= 0.3 is 6.09 Å². The van der Waals surface area contributed by atoms with E-state index in [9.17, 15) is 10.1 Å². The number of rotatable bonds is 2. The zero-order valence-corrected chi connectivity index (χ0v) is 21.9. The number of hydrogen-bond acceptors (Lipinski definition) is 8. The fourth-order valence-electron chi connectivity index (χ4n) is 6.00. The molecule has 9 heteroatoms. The van der Waals surface area contributed by atoms with E-state index in [2.05, 4.69) is 34.7 Å². The first kappa shape index (κ1) is 24.3. The molecule has 36 heavy (non-hydrogen) atoms. The summed E-state index contributed by atoms with van der Waals surface area (Å²) in [5.74, 6) is 2.60. The predicted molar refractivity (Wildman–Crippen MR) is 137 cm³/mol. The highest BCUT2D eigenvalue weighted by atomic mass is 16.6. The van der Waals surface area contributed by atoms with Gasteiger partial charge in [-0.3, -0.25) is 0 Å². The number of amides is 1. The third-order valence-corrected chi connectivity index (χ3v) is 7.65. The molecule has 5 rings (SSSR count). The molecule has 2 aliphatic heterocycles. The van der Waals surface area contributed by atoms with Crippen LogP contribution in [0.1, 0.15) is 71.4 Å². The highest BCUT2D eigenvalue weighted by Crippen LogP contribution is 2.54. The number of carbonyl (C=O) groups excluding carboxylic acids is 1. The summed E-state index contributed by atoms with van der Waals surface area (Å²) in [5, 5.41) is 9.43. The molecule has 2 fully saturated rings. The molecule has 0 radical (unpaired) electrons. The number of piperazine rings is 1. The molecule has 0 bridgehead atoms. The van der Waals surface area contributed by atoms with Crippen LogP contribution in [0.15, 0.2) is 24.7 Å². The minimum Gasteiger partial charge on any atom is -0.444 e. The molecule has 1 amide bonds. The van der Waals surface area contributed by atoms with Crippen LogP contribution in [0, 0.1) is 11.3 Å². The van der Waals surface area contributed by atoms with Crippen LogP contribution in [-0.2, 0) is 10.2 Å². The molecule has 3 aliphatic rings. The second-order valence-electron chi connectivity index (χ2n) is 11.5. The first-order valence-electron chi connectivity index (χ1n) is 12.9. The minimum atomic E-state index is -0.528. The smallest absolute Gasteiger partial charge is 0.410 e. The first-order valence-corrected chi connectivity index (χ1v) is 12.9. The van der Waals surface area contributed by atoms with Crippen molar-refractivity contribution >= 4 is 23.5 Å². The average Bonchev–Trinajstić information content (AvgIpc) is 3.44. The molecular weight excluding hydrogens is 454 g/mol. The Balaban J connectivity index is 1.51. The van der Waals surface area contributed by atoms with Crippen molar-refractivity contribution in [1.29, 1.82) is 5.26 Å². The molecule has 1 spiro atoms. The van der Waals surface area contributed by atoms with E-state index in [0.29, 0.717) is 18.7 Å². The summed E-state index contributed by atoms with van der Waals surface area (Å²) in [4.78, 5) is 33.4. The van der Waals surface area contributed by atoms with Gasteiger partial charge in [-0.2, -0.15) is 5.26 Å². The van der Waals surface area contributed by atoms with Crippen molar-refractivity contribution in [3.05, 3.63) is 35.8 Å². The average molecular weight is 490 g/mol. The number of fused-ring (bicyclic) bond motifs is 2. The summed E-state index contributed by atoms with van der Waals surface area (Å²) in [5.41, 5.74) is 1.21. The summed E-state index contributed by atoms with van der Waals surface area (Å²) < 4.78 is 5.68. The number of anilines is 3. The van der Waals surface area contributed by atoms with Crippen molar-refractivity contribution in [2.75, 3.05) is 29.4 Å². The number of ether oxygens (including phenoxy) is 1. The number of aromatic nitrogens is 3. The van der Waals surface area contributed by atoms with Gasteiger partial charge in [0.25, 0.3) is 0 Å². The Morgan fingerprint density at radius 2 is 1.83 bits per heavy atom. The van der Waals surface area contributed by atoms with Crippen molar-refractivity contribution < 1.29 is 9.53 Å². The Hall–Kier alpha value is -3.41. The van der Waals surface area contributed by atoms with Crippen molar-refractivity contribution in [3.63, 3.8) is 0 Å². The quantitative estimate of drug-likeness (QED) is 0.606. The Kier molecular flexibility index (Phi) is 6.01. The minimum absolute atomic E-state index is 0.0207. The second kappa shape index (κ2) is 8.91. The molecule has 2 unspecified atom stereocenters. The number of nitrogens with zero attached hydrogens (tertiary/aromatic N) is 7. The lowest BCUT2D eigenvalue weighted by atomic mass is 9.81. The van der Waals surface area contributed by atoms with Gasteiger partial charge in [-0.25, -0.2) is 19.7 Å². The maximum Gasteiger partial charge on any atom is 0.410 e. The van der Waals surface area contributed by atoms with Crippen LogP contribution in [0.25, 0.3) is 0 Å². The summed E-state index contributed by atoms with van der Waals surface area (Å²) in [7, 11) is 0. The van der Waals surface area contributed by atoms with Gasteiger partial charge in [0.05, 0.1) is 11.6 Å². The fraction of sp³-hybridized carbons (Fsp3) is 0.593. The summed E-state index contributed by atoms with van der Waals surface area (Å²) in [6, 6.07) is 5.84. The van der Waals surface area contributed by atoms with E-state index in [4.69, 9.17) is 14.7 Å². The topological polar surface area (TPSA) is 98.5 Å². The van der Waals surface area contributed by atoms with E-state index in [1.54, 1.807) is 18.6 Å². The largest absolute Gasteiger partial charge is 0.444 e. The maximum atomic E-state index is 12.9. The van der Waals surface area contributed by atoms with Gasteiger partial charge in [0.1, 0.15) is 29.4 Å². The van der Waals surface area contributed by atoms with Crippen LogP contribution >= 0.6 is 0 Å². The molecular formula is C27H35N7O2. The summed E-state index contributed by atoms with van der Waals surface area (Å²) >= 11 is 0. The van der Waals surface area contributed by atoms with Crippen LogP contribution in [-0.4, -0.2) is 63.3 Å². The zero-order valence-electron chi connectivity index (χ0n) is 21.9. The lowest BCUT2D eigenvalue weighted by Crippen LogP contribution is -2.59. The lowest BCUT2D eigenvalue weighted by Gasteiger charge is -2.45. The molecule has 2 aromatic heterocycles. The SMILES string of the molecule is CC1CN(c2ncnc3c2C2(CCCC2)CN3c2cc(C#N)ccn2)C(C)CN1C(=O)OC(C)(C)C. The van der Waals surface area contributed by atoms with E-state index >= 15 is 0 Å². The van der Waals surface area contributed by atoms with Crippen molar-refractivity contribution in [3.8, 4) is 6.07 Å². The fourth-order valence-corrected chi connectivity index (χ4v) is 6.00. The molecule has 4 heterocycles. The lowest BCUT2D eigenvalue weighted by molar-refractivity contribution is 0.0129. The van der Waals surface area contributed by atoms with Gasteiger partial charge in [-0.05, 0) is 59.6 Å².